The third-order valence-electron chi connectivity index (χ3n) is 0. The molecule has 0 unspecified atom stereocenters. The van der Waals surface area contributed by atoms with Crippen LogP contribution >= 0.6 is 0 Å². The van der Waals surface area contributed by atoms with Gasteiger partial charge in [0.2, 0.25) is 0 Å². The number of aliphatic carboxylic acids is 2. The van der Waals surface area contributed by atoms with E-state index in [4.69, 9.17) is 19.8 Å². The molecular formula is C4H10NiO6. The molecule has 0 spiro atoms. The fraction of sp³-hybridized carbons (Fsp3) is 0.500. The molecule has 0 saturated heterocycles. The minimum atomic E-state index is -1.08. The van der Waals surface area contributed by atoms with Crippen LogP contribution in [0, 0.1) is 0 Å². The summed E-state index contributed by atoms with van der Waals surface area (Å²) in [6.45, 7) is 1.94. The minimum Gasteiger partial charge on any atom is -0.550 e. The van der Waals surface area contributed by atoms with Gasteiger partial charge in [-0.2, -0.15) is 0 Å². The van der Waals surface area contributed by atoms with E-state index in [1.165, 1.54) is 0 Å². The number of carboxylic acid groups (broad SMARTS) is 2. The molecule has 0 aliphatic carbocycles. The van der Waals surface area contributed by atoms with Gasteiger partial charge in [-0.05, 0) is 13.8 Å². The van der Waals surface area contributed by atoms with Crippen LogP contribution in [0.2, 0.25) is 0 Å². The number of carboxylic acids is 2. The third kappa shape index (κ3) is 1210. The number of hydrogen-bond acceptors (Lipinski definition) is 4. The van der Waals surface area contributed by atoms with Crippen molar-refractivity contribution in [1.82, 2.24) is 0 Å². The topological polar surface area (TPSA) is 143 Å². The SMILES string of the molecule is CC(=O)[O-].CC(=O)[O-].O.O.[Ni+2]. The maximum absolute atomic E-state index is 8.89. The Morgan fingerprint density at radius 1 is 0.909 bits per heavy atom. The second-order valence-electron chi connectivity index (χ2n) is 0.983. The van der Waals surface area contributed by atoms with Crippen molar-refractivity contribution in [2.75, 3.05) is 0 Å². The number of carbonyl (C=O) groups is 2. The summed E-state index contributed by atoms with van der Waals surface area (Å²) in [6.07, 6.45) is 0. The van der Waals surface area contributed by atoms with E-state index in [9.17, 15) is 0 Å². The third-order valence-corrected chi connectivity index (χ3v) is 0. The molecule has 0 aromatic heterocycles. The molecule has 0 fully saturated rings. The predicted molar refractivity (Wildman–Crippen MR) is 28.6 cm³/mol. The number of hydrogen-bond donors (Lipinski definition) is 0. The molecule has 0 aromatic rings. The first-order valence-electron chi connectivity index (χ1n) is 1.82. The Balaban J connectivity index is -0.0000000171. The van der Waals surface area contributed by atoms with Gasteiger partial charge >= 0.3 is 16.5 Å². The Labute approximate surface area is 73.8 Å². The van der Waals surface area contributed by atoms with E-state index >= 15 is 0 Å². The van der Waals surface area contributed by atoms with E-state index in [0.29, 0.717) is 0 Å². The van der Waals surface area contributed by atoms with Crippen LogP contribution in [-0.4, -0.2) is 22.9 Å². The first-order chi connectivity index (χ1) is 3.46. The molecule has 0 aliphatic heterocycles. The molecule has 6 nitrogen and oxygen atoms in total. The van der Waals surface area contributed by atoms with Crippen LogP contribution in [0.25, 0.3) is 0 Å². The van der Waals surface area contributed by atoms with Gasteiger partial charge in [0.25, 0.3) is 0 Å². The Kier molecular flexibility index (Phi) is 65.4. The Bertz CT molecular complexity index is 72.6. The van der Waals surface area contributed by atoms with Crippen molar-refractivity contribution in [3.05, 3.63) is 0 Å². The number of rotatable bonds is 0. The second kappa shape index (κ2) is 22.8. The number of carbonyl (C=O) groups excluding carboxylic acids is 2. The van der Waals surface area contributed by atoms with Gasteiger partial charge in [0.1, 0.15) is 0 Å². The first kappa shape index (κ1) is 31.6. The van der Waals surface area contributed by atoms with Crippen LogP contribution in [0.3, 0.4) is 0 Å². The van der Waals surface area contributed by atoms with Crippen LogP contribution in [0.15, 0.2) is 0 Å². The quantitative estimate of drug-likeness (QED) is 0.376. The molecule has 11 heavy (non-hydrogen) atoms. The van der Waals surface area contributed by atoms with E-state index in [2.05, 4.69) is 0 Å². The predicted octanol–water partition coefficient (Wildman–Crippen LogP) is -4.14. The van der Waals surface area contributed by atoms with Gasteiger partial charge in [0.05, 0.1) is 0 Å². The maximum Gasteiger partial charge on any atom is 2.00 e. The van der Waals surface area contributed by atoms with Crippen molar-refractivity contribution in [2.45, 2.75) is 13.8 Å². The van der Waals surface area contributed by atoms with Gasteiger partial charge in [0.15, 0.2) is 0 Å². The molecular weight excluding hydrogens is 203 g/mol. The summed E-state index contributed by atoms with van der Waals surface area (Å²) in [5.74, 6) is -2.17. The van der Waals surface area contributed by atoms with Gasteiger partial charge in [-0.15, -0.1) is 0 Å². The van der Waals surface area contributed by atoms with Gasteiger partial charge in [0, 0.05) is 11.9 Å². The van der Waals surface area contributed by atoms with Gasteiger partial charge in [-0.1, -0.05) is 0 Å². The van der Waals surface area contributed by atoms with Crippen molar-refractivity contribution >= 4 is 11.9 Å². The minimum absolute atomic E-state index is 0. The van der Waals surface area contributed by atoms with E-state index < -0.39 is 11.9 Å². The Morgan fingerprint density at radius 3 is 0.909 bits per heavy atom. The Hall–Kier alpha value is -0.646. The zero-order valence-corrected chi connectivity index (χ0v) is 6.94. The summed E-state index contributed by atoms with van der Waals surface area (Å²) in [4.78, 5) is 17.8. The zero-order chi connectivity index (χ0) is 7.15. The first-order valence-corrected chi connectivity index (χ1v) is 1.82. The molecule has 0 aliphatic rings. The fourth-order valence-corrected chi connectivity index (χ4v) is 0. The maximum atomic E-state index is 8.89. The summed E-state index contributed by atoms with van der Waals surface area (Å²) in [6, 6.07) is 0. The van der Waals surface area contributed by atoms with E-state index in [1.54, 1.807) is 0 Å². The van der Waals surface area contributed by atoms with Crippen molar-refractivity contribution < 1.29 is 47.2 Å². The Morgan fingerprint density at radius 2 is 0.909 bits per heavy atom. The van der Waals surface area contributed by atoms with E-state index in [1.807, 2.05) is 0 Å². The fourth-order valence-electron chi connectivity index (χ4n) is 0. The van der Waals surface area contributed by atoms with Gasteiger partial charge < -0.3 is 30.8 Å². The molecule has 0 rings (SSSR count). The van der Waals surface area contributed by atoms with Crippen LogP contribution in [-0.2, 0) is 26.1 Å². The smallest absolute Gasteiger partial charge is 0.550 e. The average molecular weight is 213 g/mol. The largest absolute Gasteiger partial charge is 2.00 e. The molecule has 0 aromatic carbocycles. The summed E-state index contributed by atoms with van der Waals surface area (Å²) in [5, 5.41) is 17.8. The van der Waals surface area contributed by atoms with E-state index in [-0.39, 0.29) is 27.4 Å². The summed E-state index contributed by atoms with van der Waals surface area (Å²) in [7, 11) is 0. The molecule has 0 saturated carbocycles. The zero-order valence-electron chi connectivity index (χ0n) is 5.95. The normalized spacial score (nSPS) is 4.55. The molecule has 7 heteroatoms. The average Bonchev–Trinajstić information content (AvgIpc) is 1.25. The van der Waals surface area contributed by atoms with Crippen LogP contribution in [0.5, 0.6) is 0 Å². The van der Waals surface area contributed by atoms with Crippen LogP contribution in [0.4, 0.5) is 0 Å². The summed E-state index contributed by atoms with van der Waals surface area (Å²) < 4.78 is 0. The van der Waals surface area contributed by atoms with Crippen molar-refractivity contribution in [3.63, 3.8) is 0 Å². The molecule has 0 bridgehead atoms. The molecule has 0 amide bonds. The van der Waals surface area contributed by atoms with Gasteiger partial charge in [-0.25, -0.2) is 0 Å². The molecule has 0 atom stereocenters. The summed E-state index contributed by atoms with van der Waals surface area (Å²) >= 11 is 0. The van der Waals surface area contributed by atoms with Crippen LogP contribution in [0.1, 0.15) is 13.8 Å². The van der Waals surface area contributed by atoms with Crippen molar-refractivity contribution in [1.29, 1.82) is 0 Å². The van der Waals surface area contributed by atoms with Gasteiger partial charge in [-0.3, -0.25) is 0 Å². The molecule has 0 heterocycles. The second-order valence-corrected chi connectivity index (χ2v) is 0.983. The van der Waals surface area contributed by atoms with Crippen molar-refractivity contribution in [2.24, 2.45) is 0 Å². The van der Waals surface area contributed by atoms with Crippen LogP contribution < -0.4 is 10.2 Å². The molecule has 4 N–H and O–H groups in total. The molecule has 72 valence electrons. The standard InChI is InChI=1S/2C2H4O2.Ni.2H2O/c2*1-2(3)4;;;/h2*1H3,(H,3,4);;2*1H2/q;;+2;;/p-2. The monoisotopic (exact) mass is 212 g/mol. The van der Waals surface area contributed by atoms with Crippen molar-refractivity contribution in [3.8, 4) is 0 Å². The molecule has 0 radical (unpaired) electrons. The summed E-state index contributed by atoms with van der Waals surface area (Å²) in [5.41, 5.74) is 0. The van der Waals surface area contributed by atoms with E-state index in [0.717, 1.165) is 13.8 Å².